The minimum absolute atomic E-state index is 0.147. The SMILES string of the molecule is COc1ccc(CN(O)C(=O)c2ccc3c(c2)CC2(CCNC2)CC3)cc1. The van der Waals surface area contributed by atoms with Crippen LogP contribution in [0.4, 0.5) is 0 Å². The van der Waals surface area contributed by atoms with E-state index >= 15 is 0 Å². The van der Waals surface area contributed by atoms with Crippen molar-refractivity contribution in [3.05, 3.63) is 64.7 Å². The monoisotopic (exact) mass is 366 g/mol. The van der Waals surface area contributed by atoms with Gasteiger partial charge in [-0.3, -0.25) is 10.0 Å². The second-order valence-electron chi connectivity index (χ2n) is 7.80. The number of hydrogen-bond donors (Lipinski definition) is 2. The van der Waals surface area contributed by atoms with E-state index < -0.39 is 0 Å². The third-order valence-corrected chi connectivity index (χ3v) is 6.00. The molecule has 1 atom stereocenters. The molecule has 2 aliphatic rings. The fraction of sp³-hybridized carbons (Fsp3) is 0.409. The normalized spacial score (nSPS) is 21.1. The highest BCUT2D eigenvalue weighted by atomic mass is 16.5. The number of hydroxylamine groups is 2. The first-order valence-corrected chi connectivity index (χ1v) is 9.55. The van der Waals surface area contributed by atoms with Crippen molar-refractivity contribution < 1.29 is 14.7 Å². The van der Waals surface area contributed by atoms with E-state index in [9.17, 15) is 10.0 Å². The molecule has 0 radical (unpaired) electrons. The number of methoxy groups -OCH3 is 1. The van der Waals surface area contributed by atoms with E-state index in [1.807, 2.05) is 36.4 Å². The molecular formula is C22H26N2O3. The van der Waals surface area contributed by atoms with Gasteiger partial charge in [-0.05, 0) is 78.6 Å². The molecule has 4 rings (SSSR count). The molecule has 1 amide bonds. The summed E-state index contributed by atoms with van der Waals surface area (Å²) in [6, 6.07) is 13.2. The van der Waals surface area contributed by atoms with E-state index in [-0.39, 0.29) is 12.5 Å². The van der Waals surface area contributed by atoms with Gasteiger partial charge in [0.2, 0.25) is 0 Å². The van der Waals surface area contributed by atoms with E-state index in [1.54, 1.807) is 7.11 Å². The maximum absolute atomic E-state index is 12.7. The Kier molecular flexibility index (Phi) is 4.89. The Hall–Kier alpha value is -2.37. The van der Waals surface area contributed by atoms with Gasteiger partial charge in [0.25, 0.3) is 5.91 Å². The van der Waals surface area contributed by atoms with Crippen molar-refractivity contribution in [3.63, 3.8) is 0 Å². The molecule has 0 bridgehead atoms. The number of fused-ring (bicyclic) bond motifs is 1. The summed E-state index contributed by atoms with van der Waals surface area (Å²) in [6.45, 7) is 2.29. The molecular weight excluding hydrogens is 340 g/mol. The van der Waals surface area contributed by atoms with Crippen LogP contribution in [0.25, 0.3) is 0 Å². The number of carbonyl (C=O) groups is 1. The lowest BCUT2D eigenvalue weighted by Crippen LogP contribution is -2.32. The Morgan fingerprint density at radius 2 is 2.00 bits per heavy atom. The summed E-state index contributed by atoms with van der Waals surface area (Å²) in [6.07, 6.45) is 4.50. The third-order valence-electron chi connectivity index (χ3n) is 6.00. The average Bonchev–Trinajstić information content (AvgIpc) is 3.15. The molecule has 1 spiro atoms. The van der Waals surface area contributed by atoms with Gasteiger partial charge < -0.3 is 10.1 Å². The van der Waals surface area contributed by atoms with Crippen LogP contribution in [0.2, 0.25) is 0 Å². The maximum atomic E-state index is 12.7. The molecule has 1 fully saturated rings. The van der Waals surface area contributed by atoms with E-state index in [1.165, 1.54) is 24.0 Å². The summed E-state index contributed by atoms with van der Waals surface area (Å²) in [5, 5.41) is 14.6. The molecule has 0 saturated carbocycles. The number of ether oxygens (including phenoxy) is 1. The van der Waals surface area contributed by atoms with Crippen LogP contribution in [0, 0.1) is 5.41 Å². The summed E-state index contributed by atoms with van der Waals surface area (Å²) in [5.41, 5.74) is 4.34. The number of carbonyl (C=O) groups excluding carboxylic acids is 1. The molecule has 1 heterocycles. The van der Waals surface area contributed by atoms with Crippen LogP contribution < -0.4 is 10.1 Å². The number of aryl methyl sites for hydroxylation is 1. The van der Waals surface area contributed by atoms with Gasteiger partial charge in [-0.2, -0.15) is 0 Å². The summed E-state index contributed by atoms with van der Waals surface area (Å²) >= 11 is 0. The second kappa shape index (κ2) is 7.33. The molecule has 1 aliphatic carbocycles. The van der Waals surface area contributed by atoms with E-state index in [4.69, 9.17) is 4.74 Å². The molecule has 27 heavy (non-hydrogen) atoms. The first kappa shape index (κ1) is 18.0. The first-order chi connectivity index (χ1) is 13.1. The van der Waals surface area contributed by atoms with Crippen molar-refractivity contribution in [1.82, 2.24) is 10.4 Å². The van der Waals surface area contributed by atoms with Gasteiger partial charge in [0.15, 0.2) is 0 Å². The Bertz CT molecular complexity index is 826. The third kappa shape index (κ3) is 3.70. The Balaban J connectivity index is 1.48. The van der Waals surface area contributed by atoms with Gasteiger partial charge in [0.05, 0.1) is 13.7 Å². The van der Waals surface area contributed by atoms with E-state index in [0.717, 1.165) is 42.3 Å². The zero-order chi connectivity index (χ0) is 18.9. The second-order valence-corrected chi connectivity index (χ2v) is 7.80. The summed E-state index contributed by atoms with van der Waals surface area (Å²) in [7, 11) is 1.61. The summed E-state index contributed by atoms with van der Waals surface area (Å²) in [5.74, 6) is 0.386. The van der Waals surface area contributed by atoms with Crippen molar-refractivity contribution in [2.75, 3.05) is 20.2 Å². The van der Waals surface area contributed by atoms with Crippen molar-refractivity contribution in [1.29, 1.82) is 0 Å². The topological polar surface area (TPSA) is 61.8 Å². The molecule has 2 N–H and O–H groups in total. The van der Waals surface area contributed by atoms with Gasteiger partial charge in [-0.25, -0.2) is 5.06 Å². The minimum Gasteiger partial charge on any atom is -0.497 e. The van der Waals surface area contributed by atoms with Crippen LogP contribution in [0.3, 0.4) is 0 Å². The van der Waals surface area contributed by atoms with Crippen LogP contribution >= 0.6 is 0 Å². The lowest BCUT2D eigenvalue weighted by molar-refractivity contribution is -0.0648. The van der Waals surface area contributed by atoms with Gasteiger partial charge in [-0.1, -0.05) is 18.2 Å². The average molecular weight is 366 g/mol. The van der Waals surface area contributed by atoms with E-state index in [0.29, 0.717) is 11.0 Å². The number of nitrogens with one attached hydrogen (secondary N) is 1. The number of rotatable bonds is 4. The lowest BCUT2D eigenvalue weighted by atomic mass is 9.71. The highest BCUT2D eigenvalue weighted by Crippen LogP contribution is 2.40. The minimum atomic E-state index is -0.363. The van der Waals surface area contributed by atoms with E-state index in [2.05, 4.69) is 11.4 Å². The lowest BCUT2D eigenvalue weighted by Gasteiger charge is -2.34. The van der Waals surface area contributed by atoms with Crippen molar-refractivity contribution in [2.24, 2.45) is 5.41 Å². The molecule has 2 aromatic carbocycles. The fourth-order valence-electron chi connectivity index (χ4n) is 4.34. The quantitative estimate of drug-likeness (QED) is 0.644. The first-order valence-electron chi connectivity index (χ1n) is 9.55. The smallest absolute Gasteiger partial charge is 0.277 e. The highest BCUT2D eigenvalue weighted by molar-refractivity contribution is 5.93. The zero-order valence-electron chi connectivity index (χ0n) is 15.7. The number of benzene rings is 2. The molecule has 142 valence electrons. The molecule has 0 aromatic heterocycles. The Morgan fingerprint density at radius 1 is 1.19 bits per heavy atom. The molecule has 5 heteroatoms. The summed E-state index contributed by atoms with van der Waals surface area (Å²) < 4.78 is 5.14. The van der Waals surface area contributed by atoms with Gasteiger partial charge >= 0.3 is 0 Å². The van der Waals surface area contributed by atoms with Crippen molar-refractivity contribution in [2.45, 2.75) is 32.2 Å². The van der Waals surface area contributed by atoms with Gasteiger partial charge in [0.1, 0.15) is 5.75 Å². The maximum Gasteiger partial charge on any atom is 0.277 e. The molecule has 5 nitrogen and oxygen atoms in total. The van der Waals surface area contributed by atoms with Crippen molar-refractivity contribution >= 4 is 5.91 Å². The molecule has 2 aromatic rings. The van der Waals surface area contributed by atoms with Crippen LogP contribution in [-0.4, -0.2) is 36.4 Å². The predicted molar refractivity (Wildman–Crippen MR) is 103 cm³/mol. The van der Waals surface area contributed by atoms with Crippen LogP contribution in [0.15, 0.2) is 42.5 Å². The highest BCUT2D eigenvalue weighted by Gasteiger charge is 2.37. The number of amides is 1. The van der Waals surface area contributed by atoms with Crippen LogP contribution in [-0.2, 0) is 19.4 Å². The zero-order valence-corrected chi connectivity index (χ0v) is 15.7. The number of hydrogen-bond acceptors (Lipinski definition) is 4. The Morgan fingerprint density at radius 3 is 2.70 bits per heavy atom. The van der Waals surface area contributed by atoms with Crippen molar-refractivity contribution in [3.8, 4) is 5.75 Å². The molecule has 1 unspecified atom stereocenters. The molecule has 1 saturated heterocycles. The molecule has 1 aliphatic heterocycles. The largest absolute Gasteiger partial charge is 0.497 e. The van der Waals surface area contributed by atoms with Crippen LogP contribution in [0.1, 0.15) is 39.9 Å². The fourth-order valence-corrected chi connectivity index (χ4v) is 4.34. The summed E-state index contributed by atoms with van der Waals surface area (Å²) in [4.78, 5) is 12.7. The van der Waals surface area contributed by atoms with Gasteiger partial charge in [-0.15, -0.1) is 0 Å². The Labute approximate surface area is 159 Å². The number of nitrogens with zero attached hydrogens (tertiary/aromatic N) is 1. The predicted octanol–water partition coefficient (Wildman–Crippen LogP) is 3.20. The van der Waals surface area contributed by atoms with Gasteiger partial charge in [0, 0.05) is 12.1 Å². The standard InChI is InChI=1S/C22H26N2O3/c1-27-20-6-2-16(3-7-20)14-24(26)21(25)18-5-4-17-8-9-22(10-11-23-15-22)13-19(17)12-18/h2-7,12,23,26H,8-11,13-15H2,1H3. The van der Waals surface area contributed by atoms with Crippen LogP contribution in [0.5, 0.6) is 5.75 Å².